The molecule has 0 saturated carbocycles. The van der Waals surface area contributed by atoms with E-state index in [1.807, 2.05) is 13.8 Å². The molecule has 1 aromatic heterocycles. The van der Waals surface area contributed by atoms with Crippen molar-refractivity contribution in [3.63, 3.8) is 0 Å². The average molecular weight is 326 g/mol. The third-order valence-electron chi connectivity index (χ3n) is 2.49. The molecular weight excluding hydrogens is 306 g/mol. The van der Waals surface area contributed by atoms with E-state index in [1.54, 1.807) is 18.6 Å². The Morgan fingerprint density at radius 1 is 1.47 bits per heavy atom. The van der Waals surface area contributed by atoms with Gasteiger partial charge in [0.1, 0.15) is 4.21 Å². The molecule has 1 aromatic rings. The minimum atomic E-state index is -3.44. The maximum atomic E-state index is 12.5. The molecule has 0 bridgehead atoms. The molecule has 7 heteroatoms. The SMILES string of the molecule is COCCN(CC(C)C)S(=O)(=O)c1cc(CCl)cs1. The molecule has 0 radical (unpaired) electrons. The molecule has 0 unspecified atom stereocenters. The fourth-order valence-corrected chi connectivity index (χ4v) is 4.79. The van der Waals surface area contributed by atoms with Crippen LogP contribution in [0.25, 0.3) is 0 Å². The van der Waals surface area contributed by atoms with Crippen molar-refractivity contribution in [2.24, 2.45) is 5.92 Å². The molecule has 110 valence electrons. The van der Waals surface area contributed by atoms with E-state index in [2.05, 4.69) is 0 Å². The fraction of sp³-hybridized carbons (Fsp3) is 0.667. The Bertz CT molecular complexity index is 485. The van der Waals surface area contributed by atoms with Crippen molar-refractivity contribution in [1.82, 2.24) is 4.31 Å². The van der Waals surface area contributed by atoms with Crippen LogP contribution in [0.1, 0.15) is 19.4 Å². The van der Waals surface area contributed by atoms with Crippen LogP contribution in [-0.4, -0.2) is 39.5 Å². The van der Waals surface area contributed by atoms with Crippen LogP contribution in [0.4, 0.5) is 0 Å². The average Bonchev–Trinajstić information content (AvgIpc) is 2.83. The highest BCUT2D eigenvalue weighted by Crippen LogP contribution is 2.25. The second-order valence-electron chi connectivity index (χ2n) is 4.66. The molecule has 0 fully saturated rings. The van der Waals surface area contributed by atoms with Crippen molar-refractivity contribution in [2.75, 3.05) is 26.8 Å². The first-order valence-corrected chi connectivity index (χ1v) is 8.89. The van der Waals surface area contributed by atoms with Crippen LogP contribution in [-0.2, 0) is 20.6 Å². The highest BCUT2D eigenvalue weighted by atomic mass is 35.5. The smallest absolute Gasteiger partial charge is 0.252 e. The molecule has 0 atom stereocenters. The number of ether oxygens (including phenoxy) is 1. The van der Waals surface area contributed by atoms with E-state index in [0.717, 1.165) is 5.56 Å². The van der Waals surface area contributed by atoms with Gasteiger partial charge in [0.05, 0.1) is 6.61 Å². The van der Waals surface area contributed by atoms with E-state index < -0.39 is 10.0 Å². The van der Waals surface area contributed by atoms with Gasteiger partial charge in [0.25, 0.3) is 10.0 Å². The Morgan fingerprint density at radius 3 is 2.63 bits per heavy atom. The van der Waals surface area contributed by atoms with Gasteiger partial charge >= 0.3 is 0 Å². The number of methoxy groups -OCH3 is 1. The van der Waals surface area contributed by atoms with E-state index in [4.69, 9.17) is 16.3 Å². The number of rotatable bonds is 8. The maximum absolute atomic E-state index is 12.5. The lowest BCUT2D eigenvalue weighted by Gasteiger charge is -2.22. The monoisotopic (exact) mass is 325 g/mol. The molecule has 0 aliphatic heterocycles. The zero-order valence-electron chi connectivity index (χ0n) is 11.4. The van der Waals surface area contributed by atoms with E-state index >= 15 is 0 Å². The predicted molar refractivity (Wildman–Crippen MR) is 79.3 cm³/mol. The van der Waals surface area contributed by atoms with Crippen LogP contribution in [0.15, 0.2) is 15.7 Å². The number of sulfonamides is 1. The Balaban J connectivity index is 2.96. The summed E-state index contributed by atoms with van der Waals surface area (Å²) in [5.74, 6) is 0.591. The number of hydrogen-bond donors (Lipinski definition) is 0. The number of hydrogen-bond acceptors (Lipinski definition) is 4. The standard InChI is InChI=1S/C12H20ClNO3S2/c1-10(2)8-14(4-5-17-3)19(15,16)12-6-11(7-13)9-18-12/h6,9-10H,4-5,7-8H2,1-3H3. The zero-order valence-corrected chi connectivity index (χ0v) is 13.8. The molecule has 0 aliphatic rings. The van der Waals surface area contributed by atoms with E-state index in [-0.39, 0.29) is 5.92 Å². The van der Waals surface area contributed by atoms with Gasteiger partial charge in [0, 0.05) is 26.1 Å². The van der Waals surface area contributed by atoms with Gasteiger partial charge in [-0.1, -0.05) is 13.8 Å². The molecule has 0 amide bonds. The molecule has 0 aromatic carbocycles. The molecule has 0 N–H and O–H groups in total. The van der Waals surface area contributed by atoms with E-state index in [0.29, 0.717) is 29.8 Å². The van der Waals surface area contributed by atoms with Gasteiger partial charge in [0.15, 0.2) is 0 Å². The van der Waals surface area contributed by atoms with Gasteiger partial charge in [-0.25, -0.2) is 8.42 Å². The summed E-state index contributed by atoms with van der Waals surface area (Å²) in [5, 5.41) is 1.78. The van der Waals surface area contributed by atoms with Gasteiger partial charge in [-0.3, -0.25) is 0 Å². The lowest BCUT2D eigenvalue weighted by molar-refractivity contribution is 0.175. The highest BCUT2D eigenvalue weighted by Gasteiger charge is 2.26. The van der Waals surface area contributed by atoms with Crippen molar-refractivity contribution in [3.8, 4) is 0 Å². The number of halogens is 1. The third kappa shape index (κ3) is 4.72. The molecule has 1 rings (SSSR count). The van der Waals surface area contributed by atoms with Gasteiger partial charge in [-0.15, -0.1) is 22.9 Å². The van der Waals surface area contributed by atoms with Crippen LogP contribution < -0.4 is 0 Å². The Kier molecular flexibility index (Phi) is 6.76. The molecule has 19 heavy (non-hydrogen) atoms. The molecule has 0 spiro atoms. The Labute approximate surface area is 124 Å². The summed E-state index contributed by atoms with van der Waals surface area (Å²) in [6, 6.07) is 1.65. The second kappa shape index (κ2) is 7.59. The van der Waals surface area contributed by atoms with E-state index in [9.17, 15) is 8.42 Å². The van der Waals surface area contributed by atoms with Crippen molar-refractivity contribution >= 4 is 33.0 Å². The highest BCUT2D eigenvalue weighted by molar-refractivity contribution is 7.91. The first kappa shape index (κ1) is 16.9. The molecular formula is C12H20ClNO3S2. The summed E-state index contributed by atoms with van der Waals surface area (Å²) in [5.41, 5.74) is 0.835. The molecule has 1 heterocycles. The minimum absolute atomic E-state index is 0.263. The van der Waals surface area contributed by atoms with Gasteiger partial charge in [0.2, 0.25) is 0 Å². The summed E-state index contributed by atoms with van der Waals surface area (Å²) in [7, 11) is -1.88. The number of thiophene rings is 1. The van der Waals surface area contributed by atoms with Gasteiger partial charge < -0.3 is 4.74 Å². The van der Waals surface area contributed by atoms with Crippen LogP contribution >= 0.6 is 22.9 Å². The lowest BCUT2D eigenvalue weighted by Crippen LogP contribution is -2.36. The first-order valence-electron chi connectivity index (χ1n) is 6.04. The normalized spacial score (nSPS) is 12.5. The molecule has 0 aliphatic carbocycles. The Hall–Kier alpha value is -0.140. The summed E-state index contributed by atoms with van der Waals surface area (Å²) in [6.07, 6.45) is 0. The minimum Gasteiger partial charge on any atom is -0.383 e. The summed E-state index contributed by atoms with van der Waals surface area (Å²) >= 11 is 6.93. The largest absolute Gasteiger partial charge is 0.383 e. The van der Waals surface area contributed by atoms with E-state index in [1.165, 1.54) is 15.6 Å². The quantitative estimate of drug-likeness (QED) is 0.690. The van der Waals surface area contributed by atoms with Crippen molar-refractivity contribution < 1.29 is 13.2 Å². The Morgan fingerprint density at radius 2 is 2.16 bits per heavy atom. The van der Waals surface area contributed by atoms with Crippen LogP contribution in [0.3, 0.4) is 0 Å². The van der Waals surface area contributed by atoms with Crippen molar-refractivity contribution in [2.45, 2.75) is 23.9 Å². The van der Waals surface area contributed by atoms with Crippen molar-refractivity contribution in [3.05, 3.63) is 17.0 Å². The second-order valence-corrected chi connectivity index (χ2v) is 8.00. The summed E-state index contributed by atoms with van der Waals surface area (Å²) in [6.45, 7) is 5.23. The van der Waals surface area contributed by atoms with Crippen molar-refractivity contribution in [1.29, 1.82) is 0 Å². The first-order chi connectivity index (χ1) is 8.91. The van der Waals surface area contributed by atoms with Gasteiger partial charge in [-0.2, -0.15) is 4.31 Å². The molecule has 0 saturated heterocycles. The molecule has 4 nitrogen and oxygen atoms in total. The fourth-order valence-electron chi connectivity index (χ4n) is 1.60. The maximum Gasteiger partial charge on any atom is 0.252 e. The summed E-state index contributed by atoms with van der Waals surface area (Å²) < 4.78 is 31.9. The zero-order chi connectivity index (χ0) is 14.5. The summed E-state index contributed by atoms with van der Waals surface area (Å²) in [4.78, 5) is 0. The number of alkyl halides is 1. The third-order valence-corrected chi connectivity index (χ3v) is 6.13. The number of nitrogens with zero attached hydrogens (tertiary/aromatic N) is 1. The predicted octanol–water partition coefficient (Wildman–Crippen LogP) is 2.78. The topological polar surface area (TPSA) is 46.6 Å². The van der Waals surface area contributed by atoms with Crippen LogP contribution in [0.5, 0.6) is 0 Å². The lowest BCUT2D eigenvalue weighted by atomic mass is 10.2. The van der Waals surface area contributed by atoms with Crippen LogP contribution in [0.2, 0.25) is 0 Å². The van der Waals surface area contributed by atoms with Crippen LogP contribution in [0, 0.1) is 5.92 Å². The van der Waals surface area contributed by atoms with Gasteiger partial charge in [-0.05, 0) is 22.9 Å².